The molecule has 0 bridgehead atoms. The first kappa shape index (κ1) is 36.6. The number of hydrogen-bond acceptors (Lipinski definition) is 6. The average molecular weight is 539 g/mol. The Morgan fingerprint density at radius 2 is 1.53 bits per heavy atom. The summed E-state index contributed by atoms with van der Waals surface area (Å²) in [4.78, 5) is 28.2. The SMILES string of the molecule is CCC(C)(C=CCOC(=O)C(C)(C)CC(C)(CC)C(OC(=O)CCCN(C)C)C(C)C(C)C)CC(C)(C)N. The first-order chi connectivity index (χ1) is 17.2. The molecule has 0 saturated heterocycles. The van der Waals surface area contributed by atoms with Crippen molar-refractivity contribution in [1.82, 2.24) is 4.90 Å². The predicted octanol–water partition coefficient (Wildman–Crippen LogP) is 7.01. The molecule has 2 N–H and O–H groups in total. The molecule has 6 heteroatoms. The van der Waals surface area contributed by atoms with Crippen molar-refractivity contribution in [2.75, 3.05) is 27.2 Å². The van der Waals surface area contributed by atoms with Crippen LogP contribution in [0, 0.1) is 28.1 Å². The van der Waals surface area contributed by atoms with Gasteiger partial charge in [0.1, 0.15) is 12.7 Å². The third kappa shape index (κ3) is 13.1. The molecule has 224 valence electrons. The number of carbonyl (C=O) groups excluding carboxylic acids is 2. The van der Waals surface area contributed by atoms with Gasteiger partial charge in [0, 0.05) is 17.4 Å². The van der Waals surface area contributed by atoms with Crippen LogP contribution in [0.2, 0.25) is 0 Å². The third-order valence-corrected chi connectivity index (χ3v) is 8.16. The molecule has 4 unspecified atom stereocenters. The van der Waals surface area contributed by atoms with Crippen LogP contribution in [0.5, 0.6) is 0 Å². The van der Waals surface area contributed by atoms with E-state index >= 15 is 0 Å². The van der Waals surface area contributed by atoms with Gasteiger partial charge in [0.2, 0.25) is 0 Å². The maximum atomic E-state index is 13.2. The zero-order valence-electron chi connectivity index (χ0n) is 27.2. The molecule has 0 spiro atoms. The monoisotopic (exact) mass is 538 g/mol. The van der Waals surface area contributed by atoms with Gasteiger partial charge in [-0.15, -0.1) is 0 Å². The van der Waals surface area contributed by atoms with Gasteiger partial charge in [-0.25, -0.2) is 0 Å². The molecule has 4 atom stereocenters. The lowest BCUT2D eigenvalue weighted by Crippen LogP contribution is -2.46. The highest BCUT2D eigenvalue weighted by molar-refractivity contribution is 5.76. The molecule has 0 aliphatic heterocycles. The van der Waals surface area contributed by atoms with Crippen LogP contribution in [-0.2, 0) is 19.1 Å². The Morgan fingerprint density at radius 3 is 1.97 bits per heavy atom. The van der Waals surface area contributed by atoms with Crippen LogP contribution < -0.4 is 5.73 Å². The lowest BCUT2D eigenvalue weighted by Gasteiger charge is -2.44. The first-order valence-corrected chi connectivity index (χ1v) is 14.7. The Labute approximate surface area is 235 Å². The normalized spacial score (nSPS) is 17.8. The highest BCUT2D eigenvalue weighted by Crippen LogP contribution is 2.45. The topological polar surface area (TPSA) is 81.9 Å². The molecule has 0 rings (SSSR count). The molecule has 0 aliphatic rings. The fourth-order valence-corrected chi connectivity index (χ4v) is 5.48. The van der Waals surface area contributed by atoms with E-state index in [1.807, 2.05) is 47.9 Å². The second-order valence-electron chi connectivity index (χ2n) is 14.2. The Hall–Kier alpha value is -1.40. The summed E-state index contributed by atoms with van der Waals surface area (Å²) in [5.41, 5.74) is 4.85. The summed E-state index contributed by atoms with van der Waals surface area (Å²) in [6.07, 6.45) is 8.13. The van der Waals surface area contributed by atoms with E-state index < -0.39 is 5.41 Å². The Bertz CT molecular complexity index is 753. The molecule has 0 aliphatic carbocycles. The molecule has 0 aromatic heterocycles. The number of ether oxygens (including phenoxy) is 2. The van der Waals surface area contributed by atoms with Crippen molar-refractivity contribution in [2.45, 2.75) is 126 Å². The Balaban J connectivity index is 5.54. The van der Waals surface area contributed by atoms with Crippen molar-refractivity contribution in [1.29, 1.82) is 0 Å². The molecule has 38 heavy (non-hydrogen) atoms. The van der Waals surface area contributed by atoms with Crippen LogP contribution in [-0.4, -0.2) is 55.7 Å². The quantitative estimate of drug-likeness (QED) is 0.149. The van der Waals surface area contributed by atoms with Crippen molar-refractivity contribution < 1.29 is 19.1 Å². The molecule has 0 saturated carbocycles. The molecule has 0 aromatic rings. The number of allylic oxidation sites excluding steroid dienone is 1. The van der Waals surface area contributed by atoms with Crippen LogP contribution in [0.3, 0.4) is 0 Å². The minimum absolute atomic E-state index is 0.0441. The van der Waals surface area contributed by atoms with Crippen LogP contribution >= 0.6 is 0 Å². The van der Waals surface area contributed by atoms with E-state index in [0.29, 0.717) is 18.8 Å². The largest absolute Gasteiger partial charge is 0.461 e. The number of esters is 2. The Morgan fingerprint density at radius 1 is 0.947 bits per heavy atom. The van der Waals surface area contributed by atoms with Gasteiger partial charge in [-0.1, -0.05) is 60.6 Å². The fourth-order valence-electron chi connectivity index (χ4n) is 5.48. The second-order valence-corrected chi connectivity index (χ2v) is 14.2. The van der Waals surface area contributed by atoms with E-state index in [1.54, 1.807) is 0 Å². The minimum Gasteiger partial charge on any atom is -0.461 e. The molecule has 6 nitrogen and oxygen atoms in total. The lowest BCUT2D eigenvalue weighted by molar-refractivity contribution is -0.168. The zero-order valence-corrected chi connectivity index (χ0v) is 27.2. The lowest BCUT2D eigenvalue weighted by atomic mass is 9.65. The van der Waals surface area contributed by atoms with Gasteiger partial charge in [0.15, 0.2) is 0 Å². The number of hydrogen-bond donors (Lipinski definition) is 1. The van der Waals surface area contributed by atoms with Crippen molar-refractivity contribution >= 4 is 11.9 Å². The summed E-state index contributed by atoms with van der Waals surface area (Å²) in [5, 5.41) is 0. The number of carbonyl (C=O) groups is 2. The van der Waals surface area contributed by atoms with E-state index in [-0.39, 0.29) is 46.9 Å². The van der Waals surface area contributed by atoms with Gasteiger partial charge >= 0.3 is 11.9 Å². The van der Waals surface area contributed by atoms with E-state index in [9.17, 15) is 9.59 Å². The van der Waals surface area contributed by atoms with Gasteiger partial charge in [-0.2, -0.15) is 0 Å². The van der Waals surface area contributed by atoms with Gasteiger partial charge in [-0.3, -0.25) is 9.59 Å². The summed E-state index contributed by atoms with van der Waals surface area (Å²) in [7, 11) is 4.01. The van der Waals surface area contributed by atoms with Crippen LogP contribution in [0.25, 0.3) is 0 Å². The molecule has 0 amide bonds. The van der Waals surface area contributed by atoms with E-state index in [2.05, 4.69) is 59.4 Å². The van der Waals surface area contributed by atoms with Crippen molar-refractivity contribution in [3.8, 4) is 0 Å². The van der Waals surface area contributed by atoms with Crippen LogP contribution in [0.15, 0.2) is 12.2 Å². The second kappa shape index (κ2) is 15.4. The summed E-state index contributed by atoms with van der Waals surface area (Å²) >= 11 is 0. The third-order valence-electron chi connectivity index (χ3n) is 8.16. The maximum absolute atomic E-state index is 13.2. The van der Waals surface area contributed by atoms with Gasteiger partial charge in [0.05, 0.1) is 5.41 Å². The van der Waals surface area contributed by atoms with E-state index in [1.165, 1.54) is 0 Å². The average Bonchev–Trinajstić information content (AvgIpc) is 2.77. The summed E-state index contributed by atoms with van der Waals surface area (Å²) in [6.45, 7) is 24.1. The molecular formula is C32H62N2O4. The molecule has 0 fully saturated rings. The highest BCUT2D eigenvalue weighted by Gasteiger charge is 2.46. The number of rotatable bonds is 18. The van der Waals surface area contributed by atoms with Crippen LogP contribution in [0.1, 0.15) is 115 Å². The standard InChI is InChI=1S/C32H62N2O4/c1-14-31(10,23-30(8,9)33)19-17-21-37-28(36)29(6,7)22-32(11,15-2)27(25(5)24(3)4)38-26(35)18-16-20-34(12)13/h17,19,24-25,27H,14-16,18,20-23,33H2,1-13H3. The molecule has 0 heterocycles. The van der Waals surface area contributed by atoms with E-state index in [4.69, 9.17) is 15.2 Å². The Kier molecular flexibility index (Phi) is 14.8. The van der Waals surface area contributed by atoms with E-state index in [0.717, 1.165) is 32.2 Å². The minimum atomic E-state index is -0.724. The number of nitrogens with two attached hydrogens (primary N) is 1. The van der Waals surface area contributed by atoms with Gasteiger partial charge < -0.3 is 20.1 Å². The van der Waals surface area contributed by atoms with Crippen molar-refractivity contribution in [3.05, 3.63) is 12.2 Å². The molecule has 0 radical (unpaired) electrons. The summed E-state index contributed by atoms with van der Waals surface area (Å²) in [6, 6.07) is 0. The maximum Gasteiger partial charge on any atom is 0.311 e. The summed E-state index contributed by atoms with van der Waals surface area (Å²) < 4.78 is 11.9. The van der Waals surface area contributed by atoms with Gasteiger partial charge in [-0.05, 0) is 97.7 Å². The molecule has 0 aromatic carbocycles. The number of nitrogens with zero attached hydrogens (tertiary/aromatic N) is 1. The predicted molar refractivity (Wildman–Crippen MR) is 160 cm³/mol. The first-order valence-electron chi connectivity index (χ1n) is 14.7. The summed E-state index contributed by atoms with van der Waals surface area (Å²) in [5.74, 6) is 0.111. The smallest absolute Gasteiger partial charge is 0.311 e. The van der Waals surface area contributed by atoms with Crippen LogP contribution in [0.4, 0.5) is 0 Å². The fraction of sp³-hybridized carbons (Fsp3) is 0.875. The van der Waals surface area contributed by atoms with Crippen molar-refractivity contribution in [3.63, 3.8) is 0 Å². The zero-order chi connectivity index (χ0) is 29.9. The highest BCUT2D eigenvalue weighted by atomic mass is 16.5. The van der Waals surface area contributed by atoms with Crippen molar-refractivity contribution in [2.24, 2.45) is 33.8 Å². The molecular weight excluding hydrogens is 476 g/mol. The van der Waals surface area contributed by atoms with Gasteiger partial charge in [0.25, 0.3) is 0 Å².